The first-order valence-electron chi connectivity index (χ1n) is 9.96. The fourth-order valence-corrected chi connectivity index (χ4v) is 5.01. The van der Waals surface area contributed by atoms with Crippen LogP contribution in [0.2, 0.25) is 0 Å². The molecule has 0 bridgehead atoms. The van der Waals surface area contributed by atoms with Crippen LogP contribution in [0, 0.1) is 12.8 Å². The number of hydrogen-bond donors (Lipinski definition) is 4. The molecule has 0 spiro atoms. The first kappa shape index (κ1) is 19.9. The summed E-state index contributed by atoms with van der Waals surface area (Å²) in [4.78, 5) is 2.19. The molecule has 2 fully saturated rings. The van der Waals surface area contributed by atoms with Gasteiger partial charge in [0, 0.05) is 23.8 Å². The van der Waals surface area contributed by atoms with Crippen molar-refractivity contribution >= 4 is 11.3 Å². The first-order valence-corrected chi connectivity index (χ1v) is 10.8. The summed E-state index contributed by atoms with van der Waals surface area (Å²) in [5.74, 6) is 0.936. The van der Waals surface area contributed by atoms with Gasteiger partial charge in [0.05, 0.1) is 11.0 Å². The van der Waals surface area contributed by atoms with Gasteiger partial charge in [-0.25, -0.2) is 0 Å². The fraction of sp³-hybridized carbons (Fsp3) is 0.545. The minimum atomic E-state index is -1.32. The van der Waals surface area contributed by atoms with Crippen LogP contribution in [-0.2, 0) is 6.42 Å². The largest absolute Gasteiger partial charge is 0.486 e. The van der Waals surface area contributed by atoms with Gasteiger partial charge in [0.15, 0.2) is 0 Å². The van der Waals surface area contributed by atoms with Crippen LogP contribution in [0.5, 0.6) is 5.75 Å². The molecule has 2 saturated carbocycles. The standard InChI is InChI=1S/C22H28O5S/c1-12-8-17(27-18-10-16(11-23)20(24)22(26)21(18)25)19(28-12)9-13-2-4-14(5-3-13)15-6-7-15/h2-5,8,15-16,18,20-26H,6-7,9-11H2,1H3/t16-,18?,20-,21+,22+/m1/s1. The van der Waals surface area contributed by atoms with E-state index in [0.717, 1.165) is 22.1 Å². The predicted molar refractivity (Wildman–Crippen MR) is 108 cm³/mol. The second kappa shape index (κ2) is 8.13. The van der Waals surface area contributed by atoms with E-state index in [1.165, 1.54) is 24.0 Å². The Hall–Kier alpha value is -1.44. The third-order valence-electron chi connectivity index (χ3n) is 5.90. The molecule has 1 aromatic carbocycles. The van der Waals surface area contributed by atoms with Gasteiger partial charge >= 0.3 is 0 Å². The Kier molecular flexibility index (Phi) is 5.76. The number of aliphatic hydroxyl groups is 4. The van der Waals surface area contributed by atoms with Crippen LogP contribution in [-0.4, -0.2) is 51.4 Å². The summed E-state index contributed by atoms with van der Waals surface area (Å²) in [6.45, 7) is 1.76. The SMILES string of the molecule is Cc1cc(OC2C[C@H](CO)[C@@H](O)[C@H](O)[C@H]2O)c(Cc2ccc(C3CC3)cc2)s1. The summed E-state index contributed by atoms with van der Waals surface area (Å²) in [5, 5.41) is 39.9. The number of benzene rings is 1. The van der Waals surface area contributed by atoms with Crippen LogP contribution >= 0.6 is 11.3 Å². The maximum Gasteiger partial charge on any atom is 0.134 e. The highest BCUT2D eigenvalue weighted by atomic mass is 32.1. The van der Waals surface area contributed by atoms with E-state index in [9.17, 15) is 20.4 Å². The molecule has 5 nitrogen and oxygen atoms in total. The van der Waals surface area contributed by atoms with Gasteiger partial charge in [-0.15, -0.1) is 11.3 Å². The molecule has 0 radical (unpaired) electrons. The monoisotopic (exact) mass is 404 g/mol. The van der Waals surface area contributed by atoms with Crippen molar-refractivity contribution in [3.8, 4) is 5.75 Å². The molecule has 0 amide bonds. The average Bonchev–Trinajstić information content (AvgIpc) is 3.47. The molecule has 6 heteroatoms. The molecule has 0 aliphatic heterocycles. The summed E-state index contributed by atoms with van der Waals surface area (Å²) in [5.41, 5.74) is 2.62. The summed E-state index contributed by atoms with van der Waals surface area (Å²) >= 11 is 1.66. The van der Waals surface area contributed by atoms with E-state index in [-0.39, 0.29) is 6.61 Å². The molecule has 1 heterocycles. The quantitative estimate of drug-likeness (QED) is 0.594. The van der Waals surface area contributed by atoms with Crippen LogP contribution in [0.15, 0.2) is 30.3 Å². The maximum atomic E-state index is 10.3. The minimum absolute atomic E-state index is 0.256. The molecule has 4 rings (SSSR count). The van der Waals surface area contributed by atoms with Crippen LogP contribution in [0.4, 0.5) is 0 Å². The molecular formula is C22H28O5S. The third kappa shape index (κ3) is 4.11. The van der Waals surface area contributed by atoms with Crippen LogP contribution in [0.25, 0.3) is 0 Å². The maximum absolute atomic E-state index is 10.3. The Morgan fingerprint density at radius 1 is 1.04 bits per heavy atom. The summed E-state index contributed by atoms with van der Waals surface area (Å²) < 4.78 is 6.09. The molecule has 28 heavy (non-hydrogen) atoms. The highest BCUT2D eigenvalue weighted by Crippen LogP contribution is 2.40. The number of aryl methyl sites for hydroxylation is 1. The van der Waals surface area contributed by atoms with Crippen molar-refractivity contribution in [3.05, 3.63) is 51.2 Å². The highest BCUT2D eigenvalue weighted by molar-refractivity contribution is 7.12. The Balaban J connectivity index is 1.49. The lowest BCUT2D eigenvalue weighted by atomic mass is 9.81. The van der Waals surface area contributed by atoms with Crippen LogP contribution in [0.3, 0.4) is 0 Å². The van der Waals surface area contributed by atoms with E-state index >= 15 is 0 Å². The molecular weight excluding hydrogens is 376 g/mol. The van der Waals surface area contributed by atoms with Gasteiger partial charge in [0.1, 0.15) is 24.1 Å². The molecule has 5 atom stereocenters. The van der Waals surface area contributed by atoms with Crippen molar-refractivity contribution in [2.45, 2.75) is 62.9 Å². The summed E-state index contributed by atoms with van der Waals surface area (Å²) in [6, 6.07) is 10.7. The Morgan fingerprint density at radius 3 is 2.39 bits per heavy atom. The zero-order valence-corrected chi connectivity index (χ0v) is 16.8. The number of ether oxygens (including phenoxy) is 1. The topological polar surface area (TPSA) is 90.2 Å². The zero-order valence-electron chi connectivity index (χ0n) is 16.0. The number of hydrogen-bond acceptors (Lipinski definition) is 6. The highest BCUT2D eigenvalue weighted by Gasteiger charge is 2.43. The molecule has 4 N–H and O–H groups in total. The van der Waals surface area contributed by atoms with Gasteiger partial charge in [-0.3, -0.25) is 0 Å². The summed E-state index contributed by atoms with van der Waals surface area (Å²) in [6.07, 6.45) is -0.704. The van der Waals surface area contributed by atoms with Gasteiger partial charge in [0.2, 0.25) is 0 Å². The van der Waals surface area contributed by atoms with Gasteiger partial charge in [-0.2, -0.15) is 0 Å². The Bertz CT molecular complexity index is 796. The van der Waals surface area contributed by atoms with Crippen molar-refractivity contribution in [1.82, 2.24) is 0 Å². The fourth-order valence-electron chi connectivity index (χ4n) is 4.01. The smallest absolute Gasteiger partial charge is 0.134 e. The van der Waals surface area contributed by atoms with Crippen molar-refractivity contribution < 1.29 is 25.2 Å². The van der Waals surface area contributed by atoms with Crippen molar-refractivity contribution in [2.24, 2.45) is 5.92 Å². The van der Waals surface area contributed by atoms with E-state index in [1.54, 1.807) is 11.3 Å². The first-order chi connectivity index (χ1) is 13.5. The van der Waals surface area contributed by atoms with E-state index in [2.05, 4.69) is 24.3 Å². The van der Waals surface area contributed by atoms with E-state index < -0.39 is 30.3 Å². The van der Waals surface area contributed by atoms with Crippen molar-refractivity contribution in [1.29, 1.82) is 0 Å². The second-order valence-electron chi connectivity index (χ2n) is 8.14. The van der Waals surface area contributed by atoms with Crippen molar-refractivity contribution in [2.75, 3.05) is 6.61 Å². The van der Waals surface area contributed by atoms with Crippen LogP contribution < -0.4 is 4.74 Å². The normalized spacial score (nSPS) is 30.4. The van der Waals surface area contributed by atoms with Gasteiger partial charge < -0.3 is 25.2 Å². The van der Waals surface area contributed by atoms with Crippen LogP contribution in [0.1, 0.15) is 46.1 Å². The molecule has 2 aliphatic rings. The molecule has 1 aromatic heterocycles. The van der Waals surface area contributed by atoms with Gasteiger partial charge in [-0.05, 0) is 49.3 Å². The zero-order chi connectivity index (χ0) is 19.8. The van der Waals surface area contributed by atoms with Crippen molar-refractivity contribution in [3.63, 3.8) is 0 Å². The van der Waals surface area contributed by atoms with E-state index in [0.29, 0.717) is 12.2 Å². The molecule has 152 valence electrons. The number of aliphatic hydroxyl groups excluding tert-OH is 4. The van der Waals surface area contributed by atoms with E-state index in [4.69, 9.17) is 4.74 Å². The lowest BCUT2D eigenvalue weighted by Gasteiger charge is -2.39. The Morgan fingerprint density at radius 2 is 1.75 bits per heavy atom. The summed E-state index contributed by atoms with van der Waals surface area (Å²) in [7, 11) is 0. The van der Waals surface area contributed by atoms with E-state index in [1.807, 2.05) is 13.0 Å². The molecule has 1 unspecified atom stereocenters. The number of thiophene rings is 1. The lowest BCUT2D eigenvalue weighted by Crippen LogP contribution is -2.56. The predicted octanol–water partition coefficient (Wildman–Crippen LogP) is 2.37. The third-order valence-corrected chi connectivity index (χ3v) is 6.93. The molecule has 0 saturated heterocycles. The van der Waals surface area contributed by atoms with Gasteiger partial charge in [-0.1, -0.05) is 24.3 Å². The average molecular weight is 405 g/mol. The second-order valence-corrected chi connectivity index (χ2v) is 9.48. The van der Waals surface area contributed by atoms with Gasteiger partial charge in [0.25, 0.3) is 0 Å². The number of rotatable bonds is 6. The Labute approximate surface area is 169 Å². The molecule has 2 aliphatic carbocycles. The molecule has 2 aromatic rings. The minimum Gasteiger partial charge on any atom is -0.486 e. The lowest BCUT2D eigenvalue weighted by molar-refractivity contribution is -0.157.